The van der Waals surface area contributed by atoms with Gasteiger partial charge in [0.25, 0.3) is 0 Å². The number of pyridine rings is 2. The molecule has 3 heterocycles. The molecule has 1 N–H and O–H groups in total. The Kier molecular flexibility index (Phi) is 8.29. The average Bonchev–Trinajstić information content (AvgIpc) is 2.78. The van der Waals surface area contributed by atoms with Gasteiger partial charge in [0.1, 0.15) is 23.1 Å². The summed E-state index contributed by atoms with van der Waals surface area (Å²) < 4.78 is 39.8. The van der Waals surface area contributed by atoms with Crippen LogP contribution in [0.5, 0.6) is 0 Å². The zero-order valence-corrected chi connectivity index (χ0v) is 19.1. The van der Waals surface area contributed by atoms with Crippen molar-refractivity contribution in [3.05, 3.63) is 47.3 Å². The second kappa shape index (κ2) is 11.0. The molecule has 0 saturated carbocycles. The van der Waals surface area contributed by atoms with Crippen molar-refractivity contribution < 1.29 is 23.1 Å². The molecule has 3 rings (SSSR count). The number of aliphatic hydroxyl groups excluding tert-OH is 1. The van der Waals surface area contributed by atoms with Crippen LogP contribution in [-0.2, 0) is 23.8 Å². The van der Waals surface area contributed by atoms with Crippen LogP contribution in [0, 0.1) is 5.92 Å². The average molecular weight is 465 g/mol. The molecule has 1 aliphatic rings. The summed E-state index contributed by atoms with van der Waals surface area (Å²) in [4.78, 5) is 24.6. The summed E-state index contributed by atoms with van der Waals surface area (Å²) in [5.41, 5.74) is 0.547. The molecule has 0 aliphatic carbocycles. The molecule has 0 bridgehead atoms. The second-order valence-electron chi connectivity index (χ2n) is 8.73. The molecule has 6 nitrogen and oxygen atoms in total. The van der Waals surface area contributed by atoms with Gasteiger partial charge in [-0.25, -0.2) is 9.97 Å². The number of alkyl halides is 3. The number of halogens is 3. The highest BCUT2D eigenvalue weighted by Crippen LogP contribution is 2.32. The van der Waals surface area contributed by atoms with Crippen LogP contribution < -0.4 is 9.80 Å². The number of aromatic nitrogens is 2. The number of ketones is 1. The van der Waals surface area contributed by atoms with Gasteiger partial charge in [0.05, 0.1) is 6.61 Å². The number of aryl methyl sites for hydroxylation is 1. The van der Waals surface area contributed by atoms with Crippen LogP contribution in [0.15, 0.2) is 30.5 Å². The van der Waals surface area contributed by atoms with Gasteiger partial charge in [-0.3, -0.25) is 4.79 Å². The lowest BCUT2D eigenvalue weighted by molar-refractivity contribution is -0.141. The van der Waals surface area contributed by atoms with Crippen LogP contribution in [0.1, 0.15) is 43.0 Å². The van der Waals surface area contributed by atoms with Gasteiger partial charge in [0.15, 0.2) is 0 Å². The van der Waals surface area contributed by atoms with Gasteiger partial charge in [-0.1, -0.05) is 19.1 Å². The Morgan fingerprint density at radius 3 is 2.55 bits per heavy atom. The predicted molar refractivity (Wildman–Crippen MR) is 121 cm³/mol. The minimum atomic E-state index is -4.50. The van der Waals surface area contributed by atoms with E-state index < -0.39 is 11.9 Å². The Labute approximate surface area is 192 Å². The lowest BCUT2D eigenvalue weighted by Gasteiger charge is -2.33. The van der Waals surface area contributed by atoms with E-state index in [1.165, 1.54) is 6.07 Å². The molecule has 0 atom stereocenters. The molecule has 0 spiro atoms. The first-order valence-corrected chi connectivity index (χ1v) is 11.3. The lowest BCUT2D eigenvalue weighted by Crippen LogP contribution is -2.34. The first-order valence-electron chi connectivity index (χ1n) is 11.3. The Bertz CT molecular complexity index is 926. The second-order valence-corrected chi connectivity index (χ2v) is 8.73. The quantitative estimate of drug-likeness (QED) is 0.607. The number of hydrogen-bond donors (Lipinski definition) is 1. The minimum Gasteiger partial charge on any atom is -0.395 e. The van der Waals surface area contributed by atoms with E-state index in [4.69, 9.17) is 5.11 Å². The highest BCUT2D eigenvalue weighted by molar-refractivity contribution is 5.81. The van der Waals surface area contributed by atoms with Crippen molar-refractivity contribution >= 4 is 17.4 Å². The Hall–Kier alpha value is -2.68. The molecule has 0 unspecified atom stereocenters. The van der Waals surface area contributed by atoms with Crippen LogP contribution in [0.2, 0.25) is 0 Å². The van der Waals surface area contributed by atoms with E-state index in [0.717, 1.165) is 24.5 Å². The largest absolute Gasteiger partial charge is 0.433 e. The standard InChI is InChI=1S/C24H31F3N4O2/c1-17-9-11-31(12-10-17)23-19(5-7-21(29-23)24(25,26)27)4-6-20(33)15-18-3-8-22(28-16-18)30(2)13-14-32/h3,5,7-8,16-17,32H,4,6,9-15H2,1-2H3. The van der Waals surface area contributed by atoms with Gasteiger partial charge in [0, 0.05) is 45.7 Å². The normalized spacial score (nSPS) is 15.0. The van der Waals surface area contributed by atoms with Crippen LogP contribution in [-0.4, -0.2) is 54.1 Å². The summed E-state index contributed by atoms with van der Waals surface area (Å²) >= 11 is 0. The van der Waals surface area contributed by atoms with Gasteiger partial charge in [-0.2, -0.15) is 13.2 Å². The topological polar surface area (TPSA) is 69.6 Å². The monoisotopic (exact) mass is 464 g/mol. The van der Waals surface area contributed by atoms with Gasteiger partial charge < -0.3 is 14.9 Å². The van der Waals surface area contributed by atoms with Crippen molar-refractivity contribution in [2.75, 3.05) is 43.1 Å². The van der Waals surface area contributed by atoms with E-state index in [1.807, 2.05) is 22.9 Å². The first-order chi connectivity index (χ1) is 15.7. The number of anilines is 2. The number of nitrogens with zero attached hydrogens (tertiary/aromatic N) is 4. The molecule has 9 heteroatoms. The Balaban J connectivity index is 1.66. The zero-order chi connectivity index (χ0) is 24.0. The summed E-state index contributed by atoms with van der Waals surface area (Å²) in [6.07, 6.45) is -0.272. The number of carbonyl (C=O) groups excluding carboxylic acids is 1. The molecule has 0 aromatic carbocycles. The van der Waals surface area contributed by atoms with Crippen LogP contribution in [0.3, 0.4) is 0 Å². The smallest absolute Gasteiger partial charge is 0.395 e. The van der Waals surface area contributed by atoms with E-state index in [0.29, 0.717) is 49.2 Å². The van der Waals surface area contributed by atoms with Crippen molar-refractivity contribution in [1.82, 2.24) is 9.97 Å². The molecular weight excluding hydrogens is 433 g/mol. The third kappa shape index (κ3) is 6.90. The van der Waals surface area contributed by atoms with Crippen molar-refractivity contribution in [2.24, 2.45) is 5.92 Å². The van der Waals surface area contributed by atoms with Crippen molar-refractivity contribution in [3.63, 3.8) is 0 Å². The maximum Gasteiger partial charge on any atom is 0.433 e. The Morgan fingerprint density at radius 1 is 1.21 bits per heavy atom. The number of Topliss-reactive ketones (excluding diaryl/α,β-unsaturated/α-hetero) is 1. The fraction of sp³-hybridized carbons (Fsp3) is 0.542. The lowest BCUT2D eigenvalue weighted by atomic mass is 9.98. The van der Waals surface area contributed by atoms with E-state index in [1.54, 1.807) is 12.3 Å². The summed E-state index contributed by atoms with van der Waals surface area (Å²) in [6, 6.07) is 6.09. The van der Waals surface area contributed by atoms with Crippen molar-refractivity contribution in [1.29, 1.82) is 0 Å². The van der Waals surface area contributed by atoms with Gasteiger partial charge in [-0.05, 0) is 48.4 Å². The fourth-order valence-electron chi connectivity index (χ4n) is 3.93. The summed E-state index contributed by atoms with van der Waals surface area (Å²) in [5.74, 6) is 1.59. The molecule has 1 saturated heterocycles. The number of likely N-dealkylation sites (N-methyl/N-ethyl adjacent to an activating group) is 1. The minimum absolute atomic E-state index is 0.00798. The molecule has 2 aromatic rings. The van der Waals surface area contributed by atoms with Crippen LogP contribution >= 0.6 is 0 Å². The molecule has 1 aliphatic heterocycles. The van der Waals surface area contributed by atoms with Crippen LogP contribution in [0.4, 0.5) is 24.8 Å². The maximum atomic E-state index is 13.3. The van der Waals surface area contributed by atoms with E-state index >= 15 is 0 Å². The maximum absolute atomic E-state index is 13.3. The predicted octanol–water partition coefficient (Wildman–Crippen LogP) is 3.90. The van der Waals surface area contributed by atoms with Gasteiger partial charge in [0.2, 0.25) is 0 Å². The number of rotatable bonds is 9. The summed E-state index contributed by atoms with van der Waals surface area (Å²) in [7, 11) is 1.82. The third-order valence-corrected chi connectivity index (χ3v) is 6.04. The molecule has 180 valence electrons. The molecule has 0 amide bonds. The molecular formula is C24H31F3N4O2. The SMILES string of the molecule is CC1CCN(c2nc(C(F)(F)F)ccc2CCC(=O)Cc2ccc(N(C)CCO)nc2)CC1. The van der Waals surface area contributed by atoms with Crippen molar-refractivity contribution in [2.45, 2.75) is 45.2 Å². The molecule has 2 aromatic heterocycles. The van der Waals surface area contributed by atoms with Crippen LogP contribution in [0.25, 0.3) is 0 Å². The number of hydrogen-bond acceptors (Lipinski definition) is 6. The number of piperidine rings is 1. The first kappa shape index (κ1) is 25.0. The van der Waals surface area contributed by atoms with E-state index in [2.05, 4.69) is 16.9 Å². The molecule has 1 fully saturated rings. The van der Waals surface area contributed by atoms with Gasteiger partial charge >= 0.3 is 6.18 Å². The third-order valence-electron chi connectivity index (χ3n) is 6.04. The van der Waals surface area contributed by atoms with Gasteiger partial charge in [-0.15, -0.1) is 0 Å². The zero-order valence-electron chi connectivity index (χ0n) is 19.1. The van der Waals surface area contributed by atoms with Crippen molar-refractivity contribution in [3.8, 4) is 0 Å². The highest BCUT2D eigenvalue weighted by atomic mass is 19.4. The highest BCUT2D eigenvalue weighted by Gasteiger charge is 2.34. The molecule has 0 radical (unpaired) electrons. The fourth-order valence-corrected chi connectivity index (χ4v) is 3.93. The molecule has 33 heavy (non-hydrogen) atoms. The van der Waals surface area contributed by atoms with E-state index in [-0.39, 0.29) is 25.2 Å². The number of aliphatic hydroxyl groups is 1. The van der Waals surface area contributed by atoms with E-state index in [9.17, 15) is 18.0 Å². The Morgan fingerprint density at radius 2 is 1.94 bits per heavy atom. The summed E-state index contributed by atoms with van der Waals surface area (Å²) in [5, 5.41) is 9.02. The summed E-state index contributed by atoms with van der Waals surface area (Å²) in [6.45, 7) is 3.96. The number of carbonyl (C=O) groups is 1.